The maximum absolute atomic E-state index is 12.9. The van der Waals surface area contributed by atoms with Crippen molar-refractivity contribution in [3.05, 3.63) is 59.7 Å². The second-order valence-corrected chi connectivity index (χ2v) is 13.3. The third-order valence-corrected chi connectivity index (χ3v) is 7.87. The predicted molar refractivity (Wildman–Crippen MR) is 193 cm³/mol. The molecule has 0 radical (unpaired) electrons. The minimum atomic E-state index is -0.866. The zero-order valence-corrected chi connectivity index (χ0v) is 30.5. The number of nitrogens with one attached hydrogen (secondary N) is 4. The Morgan fingerprint density at radius 1 is 0.863 bits per heavy atom. The molecule has 2 aromatic carbocycles. The van der Waals surface area contributed by atoms with Gasteiger partial charge in [-0.05, 0) is 53.6 Å². The standard InChI is InChI=1S/C33H42N4O7.C4H10N2O/c1-19(2)26-16-29(40)37(32(26)42)25-13-9-22(10-14-25)15-27(38)36-30(20(3)4)31(41)34-17-28(39)35-24-11-7-23(8-12-24)18-44-33(43)21(5)6;1-2-3-6-4(5)7/h7-14,19-21,26,30H,15-18H2,1-6H3,(H,34,41)(H,35,39)(H,36,38);2-3H2,1H3,(H3,5,6,7). The largest absolute Gasteiger partial charge is 0.461 e. The van der Waals surface area contributed by atoms with Crippen molar-refractivity contribution in [3.8, 4) is 0 Å². The Morgan fingerprint density at radius 3 is 1.96 bits per heavy atom. The highest BCUT2D eigenvalue weighted by Crippen LogP contribution is 2.31. The number of imide groups is 1. The number of anilines is 2. The normalized spacial score (nSPS) is 14.5. The molecule has 1 aliphatic heterocycles. The average Bonchev–Trinajstić information content (AvgIpc) is 3.38. The van der Waals surface area contributed by atoms with Gasteiger partial charge in [0.25, 0.3) is 0 Å². The van der Waals surface area contributed by atoms with Gasteiger partial charge in [-0.3, -0.25) is 33.7 Å². The van der Waals surface area contributed by atoms with Gasteiger partial charge in [-0.1, -0.05) is 72.7 Å². The highest BCUT2D eigenvalue weighted by molar-refractivity contribution is 6.21. The van der Waals surface area contributed by atoms with E-state index in [0.29, 0.717) is 23.5 Å². The van der Waals surface area contributed by atoms with E-state index in [9.17, 15) is 33.6 Å². The number of nitrogens with zero attached hydrogens (tertiary/aromatic N) is 1. The fourth-order valence-electron chi connectivity index (χ4n) is 4.89. The average molecular weight is 709 g/mol. The molecule has 0 aliphatic carbocycles. The van der Waals surface area contributed by atoms with Gasteiger partial charge in [0.2, 0.25) is 29.5 Å². The van der Waals surface area contributed by atoms with Crippen molar-refractivity contribution in [2.75, 3.05) is 23.3 Å². The number of primary amides is 1. The van der Waals surface area contributed by atoms with Crippen molar-refractivity contribution in [2.24, 2.45) is 29.4 Å². The summed E-state index contributed by atoms with van der Waals surface area (Å²) in [6.45, 7) is 13.4. The van der Waals surface area contributed by atoms with Gasteiger partial charge in [-0.15, -0.1) is 0 Å². The summed E-state index contributed by atoms with van der Waals surface area (Å²) in [6, 6.07) is 12.1. The molecule has 0 spiro atoms. The molecule has 14 heteroatoms. The SMILES string of the molecule is CC(C)C(=O)OCc1ccc(NC(=O)CNC(=O)C(NC(=O)Cc2ccc(N3C(=O)CC(C(C)C)C3=O)cc2)C(C)C)cc1.CCCNC(N)=O. The van der Waals surface area contributed by atoms with Gasteiger partial charge < -0.3 is 31.7 Å². The lowest BCUT2D eigenvalue weighted by Crippen LogP contribution is -2.51. The number of nitrogens with two attached hydrogens (primary N) is 1. The van der Waals surface area contributed by atoms with Crippen LogP contribution in [-0.4, -0.2) is 60.7 Å². The number of rotatable bonds is 15. The van der Waals surface area contributed by atoms with Gasteiger partial charge in [0, 0.05) is 18.7 Å². The molecule has 278 valence electrons. The molecule has 2 atom stereocenters. The van der Waals surface area contributed by atoms with Crippen molar-refractivity contribution >= 4 is 52.9 Å². The Morgan fingerprint density at radius 2 is 1.47 bits per heavy atom. The van der Waals surface area contributed by atoms with E-state index in [-0.39, 0.29) is 73.4 Å². The number of benzene rings is 2. The van der Waals surface area contributed by atoms with Gasteiger partial charge in [0.1, 0.15) is 12.6 Å². The molecular formula is C37H52N6O8. The van der Waals surface area contributed by atoms with E-state index in [4.69, 9.17) is 10.5 Å². The minimum absolute atomic E-state index is 0.0134. The number of ether oxygens (including phenoxy) is 1. The highest BCUT2D eigenvalue weighted by Gasteiger charge is 2.40. The summed E-state index contributed by atoms with van der Waals surface area (Å²) in [5, 5.41) is 10.4. The number of hydrogen-bond acceptors (Lipinski definition) is 8. The summed E-state index contributed by atoms with van der Waals surface area (Å²) in [4.78, 5) is 85.9. The van der Waals surface area contributed by atoms with Crippen molar-refractivity contribution in [1.82, 2.24) is 16.0 Å². The highest BCUT2D eigenvalue weighted by atomic mass is 16.5. The van der Waals surface area contributed by atoms with E-state index >= 15 is 0 Å². The topological polar surface area (TPSA) is 206 Å². The van der Waals surface area contributed by atoms with Crippen molar-refractivity contribution < 1.29 is 38.3 Å². The quantitative estimate of drug-likeness (QED) is 0.137. The number of esters is 1. The third kappa shape index (κ3) is 13.9. The Hall–Kier alpha value is -5.27. The lowest BCUT2D eigenvalue weighted by Gasteiger charge is -2.22. The molecule has 1 aliphatic rings. The van der Waals surface area contributed by atoms with Crippen LogP contribution in [0.3, 0.4) is 0 Å². The smallest absolute Gasteiger partial charge is 0.312 e. The Labute approximate surface area is 299 Å². The summed E-state index contributed by atoms with van der Waals surface area (Å²) < 4.78 is 5.19. The van der Waals surface area contributed by atoms with Crippen molar-refractivity contribution in [3.63, 3.8) is 0 Å². The fourth-order valence-corrected chi connectivity index (χ4v) is 4.89. The molecular weight excluding hydrogens is 656 g/mol. The molecule has 0 saturated carbocycles. The van der Waals surface area contributed by atoms with Crippen LogP contribution in [0.1, 0.15) is 72.4 Å². The van der Waals surface area contributed by atoms with E-state index in [1.165, 1.54) is 4.90 Å². The number of urea groups is 1. The molecule has 51 heavy (non-hydrogen) atoms. The second-order valence-electron chi connectivity index (χ2n) is 13.3. The molecule has 1 heterocycles. The summed E-state index contributed by atoms with van der Waals surface area (Å²) in [6.07, 6.45) is 1.11. The van der Waals surface area contributed by atoms with Crippen LogP contribution < -0.4 is 31.9 Å². The number of carbonyl (C=O) groups excluding carboxylic acids is 7. The van der Waals surface area contributed by atoms with Crippen LogP contribution >= 0.6 is 0 Å². The maximum atomic E-state index is 12.9. The molecule has 2 aromatic rings. The molecule has 6 N–H and O–H groups in total. The van der Waals surface area contributed by atoms with Crippen LogP contribution in [0.25, 0.3) is 0 Å². The first-order valence-corrected chi connectivity index (χ1v) is 17.1. The first kappa shape index (κ1) is 41.9. The molecule has 0 bridgehead atoms. The predicted octanol–water partition coefficient (Wildman–Crippen LogP) is 3.42. The summed E-state index contributed by atoms with van der Waals surface area (Å²) in [5.41, 5.74) is 7.13. The Kier molecular flexibility index (Phi) is 16.8. The lowest BCUT2D eigenvalue weighted by molar-refractivity contribution is -0.148. The van der Waals surface area contributed by atoms with Gasteiger partial charge in [0.15, 0.2) is 0 Å². The van der Waals surface area contributed by atoms with Crippen molar-refractivity contribution in [2.45, 2.75) is 80.4 Å². The summed E-state index contributed by atoms with van der Waals surface area (Å²) in [5.74, 6) is -2.81. The van der Waals surface area contributed by atoms with Gasteiger partial charge in [0.05, 0.1) is 30.5 Å². The van der Waals surface area contributed by atoms with Crippen LogP contribution in [0.5, 0.6) is 0 Å². The van der Waals surface area contributed by atoms with Crippen molar-refractivity contribution in [1.29, 1.82) is 0 Å². The van der Waals surface area contributed by atoms with Crippen LogP contribution in [0.4, 0.5) is 16.2 Å². The second kappa shape index (κ2) is 20.4. The van der Waals surface area contributed by atoms with E-state index in [2.05, 4.69) is 21.3 Å². The Bertz CT molecular complexity index is 1520. The van der Waals surface area contributed by atoms with Gasteiger partial charge in [-0.25, -0.2) is 4.79 Å². The first-order chi connectivity index (χ1) is 24.0. The molecule has 1 saturated heterocycles. The Balaban J connectivity index is 0.00000116. The number of hydrogen-bond donors (Lipinski definition) is 5. The van der Waals surface area contributed by atoms with Crippen LogP contribution in [0.15, 0.2) is 48.5 Å². The third-order valence-electron chi connectivity index (χ3n) is 7.87. The van der Waals surface area contributed by atoms with E-state index in [0.717, 1.165) is 12.0 Å². The molecule has 0 aromatic heterocycles. The monoisotopic (exact) mass is 708 g/mol. The van der Waals surface area contributed by atoms with E-state index < -0.39 is 23.9 Å². The number of carbonyl (C=O) groups is 7. The molecule has 3 rings (SSSR count). The summed E-state index contributed by atoms with van der Waals surface area (Å²) in [7, 11) is 0. The lowest BCUT2D eigenvalue weighted by atomic mass is 9.94. The zero-order chi connectivity index (χ0) is 38.2. The molecule has 2 unspecified atom stereocenters. The molecule has 7 amide bonds. The maximum Gasteiger partial charge on any atom is 0.312 e. The molecule has 14 nitrogen and oxygen atoms in total. The van der Waals surface area contributed by atoms with Gasteiger partial charge >= 0.3 is 12.0 Å². The molecule has 1 fully saturated rings. The zero-order valence-electron chi connectivity index (χ0n) is 30.5. The van der Waals surface area contributed by atoms with Crippen LogP contribution in [0.2, 0.25) is 0 Å². The van der Waals surface area contributed by atoms with Crippen LogP contribution in [0, 0.1) is 23.7 Å². The minimum Gasteiger partial charge on any atom is -0.461 e. The van der Waals surface area contributed by atoms with E-state index in [1.807, 2.05) is 20.8 Å². The summed E-state index contributed by atoms with van der Waals surface area (Å²) >= 11 is 0. The van der Waals surface area contributed by atoms with Crippen LogP contribution in [-0.2, 0) is 46.5 Å². The number of amides is 7. The first-order valence-electron chi connectivity index (χ1n) is 17.1. The fraction of sp³-hybridized carbons (Fsp3) is 0.486. The van der Waals surface area contributed by atoms with E-state index in [1.54, 1.807) is 76.2 Å². The van der Waals surface area contributed by atoms with Gasteiger partial charge in [-0.2, -0.15) is 0 Å².